The van der Waals surface area contributed by atoms with Crippen LogP contribution < -0.4 is 10.9 Å². The van der Waals surface area contributed by atoms with Crippen LogP contribution in [-0.4, -0.2) is 23.3 Å². The second-order valence-corrected chi connectivity index (χ2v) is 9.15. The third-order valence-electron chi connectivity index (χ3n) is 5.32. The van der Waals surface area contributed by atoms with Crippen molar-refractivity contribution in [3.8, 4) is 0 Å². The first-order valence-electron chi connectivity index (χ1n) is 10.4. The van der Waals surface area contributed by atoms with Crippen LogP contribution in [0.25, 0.3) is 0 Å². The van der Waals surface area contributed by atoms with E-state index in [0.29, 0.717) is 13.2 Å². The van der Waals surface area contributed by atoms with E-state index >= 15 is 0 Å². The van der Waals surface area contributed by atoms with E-state index in [0.717, 1.165) is 23.1 Å². The van der Waals surface area contributed by atoms with E-state index in [9.17, 15) is 4.21 Å². The molecule has 0 bridgehead atoms. The summed E-state index contributed by atoms with van der Waals surface area (Å²) in [5.41, 5.74) is 7.24. The van der Waals surface area contributed by atoms with Crippen molar-refractivity contribution >= 4 is 15.8 Å². The minimum atomic E-state index is -3.52. The molecule has 1 aliphatic rings. The van der Waals surface area contributed by atoms with Gasteiger partial charge in [0.15, 0.2) is 0 Å². The Labute approximate surface area is 189 Å². The summed E-state index contributed by atoms with van der Waals surface area (Å²) in [6.45, 7) is 1.02. The van der Waals surface area contributed by atoms with E-state index in [1.807, 2.05) is 91.0 Å². The average Bonchev–Trinajstić information content (AvgIpc) is 2.85. The monoisotopic (exact) mass is 446 g/mol. The second-order valence-electron chi connectivity index (χ2n) is 7.39. The number of nitrogens with zero attached hydrogens (tertiary/aromatic N) is 2. The van der Waals surface area contributed by atoms with Gasteiger partial charge in [0.25, 0.3) is 0 Å². The van der Waals surface area contributed by atoms with Crippen LogP contribution in [0, 0.1) is 0 Å². The lowest BCUT2D eigenvalue weighted by Crippen LogP contribution is -2.33. The lowest BCUT2D eigenvalue weighted by atomic mass is 9.78. The molecule has 0 aliphatic carbocycles. The van der Waals surface area contributed by atoms with Gasteiger partial charge < -0.3 is 10.5 Å². The normalized spacial score (nSPS) is 16.4. The minimum absolute atomic E-state index is 0.101. The van der Waals surface area contributed by atoms with Crippen LogP contribution in [-0.2, 0) is 20.2 Å². The Morgan fingerprint density at radius 3 is 1.75 bits per heavy atom. The van der Waals surface area contributed by atoms with Crippen molar-refractivity contribution in [1.82, 2.24) is 0 Å². The summed E-state index contributed by atoms with van der Waals surface area (Å²) in [6, 6.07) is 29.1. The SMILES string of the molecule is N/C=C(\C1=NCCCO1)S(N)(=O)=NC(c1ccccc1)(c1ccccc1)c1ccccc1. The summed E-state index contributed by atoms with van der Waals surface area (Å²) in [6.07, 6.45) is 1.98. The summed E-state index contributed by atoms with van der Waals surface area (Å²) in [4.78, 5) is 4.44. The lowest BCUT2D eigenvalue weighted by Gasteiger charge is -2.32. The third-order valence-corrected chi connectivity index (χ3v) is 6.81. The van der Waals surface area contributed by atoms with Gasteiger partial charge in [-0.2, -0.15) is 4.36 Å². The van der Waals surface area contributed by atoms with Gasteiger partial charge in [-0.25, -0.2) is 9.35 Å². The molecule has 0 saturated carbocycles. The molecule has 4 rings (SSSR count). The molecule has 32 heavy (non-hydrogen) atoms. The fourth-order valence-corrected chi connectivity index (χ4v) is 5.24. The van der Waals surface area contributed by atoms with Crippen LogP contribution in [0.2, 0.25) is 0 Å². The third kappa shape index (κ3) is 4.17. The Hall–Kier alpha value is -3.42. The Morgan fingerprint density at radius 1 is 0.906 bits per heavy atom. The molecular formula is C25H26N4O2S. The van der Waals surface area contributed by atoms with Crippen LogP contribution in [0.4, 0.5) is 0 Å². The van der Waals surface area contributed by atoms with Crippen molar-refractivity contribution in [2.75, 3.05) is 13.2 Å². The highest BCUT2D eigenvalue weighted by Gasteiger charge is 2.39. The minimum Gasteiger partial charge on any atom is -0.477 e. The maximum atomic E-state index is 14.1. The first-order valence-corrected chi connectivity index (χ1v) is 12.0. The van der Waals surface area contributed by atoms with Gasteiger partial charge in [0, 0.05) is 19.2 Å². The van der Waals surface area contributed by atoms with Crippen LogP contribution in [0.1, 0.15) is 23.1 Å². The number of hydrogen-bond acceptors (Lipinski definition) is 5. The summed E-state index contributed by atoms with van der Waals surface area (Å²) >= 11 is 0. The number of benzene rings is 3. The van der Waals surface area contributed by atoms with Crippen LogP contribution in [0.5, 0.6) is 0 Å². The standard InChI is InChI=1S/C25H26N4O2S/c26-19-23(24-28-17-10-18-31-24)32(27,30)29-25(20-11-4-1-5-12-20,21-13-6-2-7-14-21)22-15-8-3-9-16-22/h1-9,11-16,19H,10,17-18,26H2,(H2,27,29,30)/b23-19+. The van der Waals surface area contributed by atoms with E-state index in [2.05, 4.69) is 4.99 Å². The van der Waals surface area contributed by atoms with E-state index in [-0.39, 0.29) is 10.8 Å². The maximum absolute atomic E-state index is 14.1. The van der Waals surface area contributed by atoms with Gasteiger partial charge in [0.2, 0.25) is 5.90 Å². The van der Waals surface area contributed by atoms with E-state index in [1.54, 1.807) is 0 Å². The zero-order valence-corrected chi connectivity index (χ0v) is 18.4. The molecule has 1 heterocycles. The van der Waals surface area contributed by atoms with Gasteiger partial charge in [0.05, 0.1) is 6.61 Å². The van der Waals surface area contributed by atoms with Crippen molar-refractivity contribution in [2.45, 2.75) is 12.0 Å². The first kappa shape index (κ1) is 21.8. The van der Waals surface area contributed by atoms with E-state index in [1.165, 1.54) is 6.20 Å². The lowest BCUT2D eigenvalue weighted by molar-refractivity contribution is 0.284. The number of nitrogens with two attached hydrogens (primary N) is 2. The van der Waals surface area contributed by atoms with Crippen molar-refractivity contribution in [2.24, 2.45) is 20.2 Å². The zero-order valence-electron chi connectivity index (χ0n) is 17.6. The summed E-state index contributed by atoms with van der Waals surface area (Å²) < 4.78 is 24.6. The molecular weight excluding hydrogens is 420 g/mol. The molecule has 1 unspecified atom stereocenters. The van der Waals surface area contributed by atoms with Crippen molar-refractivity contribution in [1.29, 1.82) is 0 Å². The van der Waals surface area contributed by atoms with Crippen LogP contribution >= 0.6 is 0 Å². The predicted molar refractivity (Wildman–Crippen MR) is 129 cm³/mol. The van der Waals surface area contributed by atoms with Gasteiger partial charge in [-0.05, 0) is 16.7 Å². The average molecular weight is 447 g/mol. The Kier molecular flexibility index (Phi) is 6.39. The molecule has 0 radical (unpaired) electrons. The van der Waals surface area contributed by atoms with Crippen molar-refractivity contribution in [3.05, 3.63) is 119 Å². The van der Waals surface area contributed by atoms with Crippen LogP contribution in [0.15, 0.2) is 111 Å². The van der Waals surface area contributed by atoms with Gasteiger partial charge in [-0.3, -0.25) is 4.99 Å². The molecule has 0 aromatic heterocycles. The van der Waals surface area contributed by atoms with Gasteiger partial charge >= 0.3 is 0 Å². The second kappa shape index (κ2) is 9.38. The number of hydrogen-bond donors (Lipinski definition) is 2. The highest BCUT2D eigenvalue weighted by atomic mass is 32.2. The van der Waals surface area contributed by atoms with Crippen LogP contribution in [0.3, 0.4) is 0 Å². The largest absolute Gasteiger partial charge is 0.477 e. The highest BCUT2D eigenvalue weighted by molar-refractivity contribution is 7.96. The van der Waals surface area contributed by atoms with Crippen molar-refractivity contribution in [3.63, 3.8) is 0 Å². The molecule has 0 saturated heterocycles. The fourth-order valence-electron chi connectivity index (χ4n) is 3.85. The van der Waals surface area contributed by atoms with Gasteiger partial charge in [0.1, 0.15) is 20.4 Å². The van der Waals surface area contributed by atoms with Gasteiger partial charge in [-0.1, -0.05) is 91.0 Å². The van der Waals surface area contributed by atoms with E-state index < -0.39 is 15.5 Å². The number of rotatable bonds is 6. The zero-order chi connectivity index (χ0) is 22.4. The molecule has 4 N–H and O–H groups in total. The maximum Gasteiger partial charge on any atom is 0.229 e. The Balaban J connectivity index is 2.06. The molecule has 3 aromatic carbocycles. The molecule has 0 amide bonds. The Morgan fingerprint density at radius 2 is 1.38 bits per heavy atom. The molecule has 1 aliphatic heterocycles. The number of aliphatic imine (C=N–C) groups is 1. The molecule has 1 atom stereocenters. The molecule has 3 aromatic rings. The summed E-state index contributed by atoms with van der Waals surface area (Å²) in [5.74, 6) is 0.193. The highest BCUT2D eigenvalue weighted by Crippen LogP contribution is 2.42. The Bertz CT molecular complexity index is 1140. The molecule has 6 nitrogen and oxygen atoms in total. The quantitative estimate of drug-likeness (QED) is 0.561. The smallest absolute Gasteiger partial charge is 0.229 e. The van der Waals surface area contributed by atoms with E-state index in [4.69, 9.17) is 20.0 Å². The molecule has 0 fully saturated rings. The predicted octanol–water partition coefficient (Wildman–Crippen LogP) is 3.94. The summed E-state index contributed by atoms with van der Waals surface area (Å²) in [7, 11) is -3.52. The van der Waals surface area contributed by atoms with Crippen molar-refractivity contribution < 1.29 is 8.95 Å². The fraction of sp³-hybridized carbons (Fsp3) is 0.160. The van der Waals surface area contributed by atoms with Gasteiger partial charge in [-0.15, -0.1) is 0 Å². The molecule has 164 valence electrons. The molecule has 7 heteroatoms. The topological polar surface area (TPSA) is 103 Å². The molecule has 0 spiro atoms. The summed E-state index contributed by atoms with van der Waals surface area (Å²) in [5, 5.41) is 6.45. The number of ether oxygens (including phenoxy) is 1. The first-order chi connectivity index (χ1) is 15.6.